The Balaban J connectivity index is 1.31. The van der Waals surface area contributed by atoms with E-state index < -0.39 is 5.60 Å². The lowest BCUT2D eigenvalue weighted by atomic mass is 9.72. The summed E-state index contributed by atoms with van der Waals surface area (Å²) >= 11 is 0. The monoisotopic (exact) mass is 517 g/mol. The van der Waals surface area contributed by atoms with E-state index in [-0.39, 0.29) is 17.3 Å². The summed E-state index contributed by atoms with van der Waals surface area (Å²) in [6, 6.07) is 12.9. The number of nitrogens with one attached hydrogen (secondary N) is 1. The van der Waals surface area contributed by atoms with Crippen LogP contribution in [0.2, 0.25) is 0 Å². The number of aromatic nitrogens is 2. The van der Waals surface area contributed by atoms with Gasteiger partial charge in [0.25, 0.3) is 0 Å². The topological polar surface area (TPSA) is 70.6 Å². The van der Waals surface area contributed by atoms with Gasteiger partial charge in [0.05, 0.1) is 6.20 Å². The number of hydrogen-bond acceptors (Lipinski definition) is 6. The van der Waals surface area contributed by atoms with Gasteiger partial charge in [0, 0.05) is 42.8 Å². The second-order valence-corrected chi connectivity index (χ2v) is 11.4. The molecular weight excluding hydrogens is 481 g/mol. The number of aryl methyl sites for hydroxylation is 1. The number of halogens is 1. The van der Waals surface area contributed by atoms with Crippen molar-refractivity contribution in [3.8, 4) is 11.1 Å². The van der Waals surface area contributed by atoms with Gasteiger partial charge in [-0.1, -0.05) is 31.2 Å². The van der Waals surface area contributed by atoms with Crippen molar-refractivity contribution in [3.05, 3.63) is 66.4 Å². The fourth-order valence-electron chi connectivity index (χ4n) is 5.48. The first-order valence-corrected chi connectivity index (χ1v) is 13.3. The molecular formula is C30H36FN5O2. The highest BCUT2D eigenvalue weighted by Crippen LogP contribution is 2.43. The van der Waals surface area contributed by atoms with Gasteiger partial charge in [0.2, 0.25) is 0 Å². The second kappa shape index (κ2) is 10.2. The highest BCUT2D eigenvalue weighted by Gasteiger charge is 2.48. The summed E-state index contributed by atoms with van der Waals surface area (Å²) < 4.78 is 19.9. The third-order valence-corrected chi connectivity index (χ3v) is 7.46. The van der Waals surface area contributed by atoms with Crippen LogP contribution in [-0.4, -0.2) is 52.7 Å². The van der Waals surface area contributed by atoms with Crippen molar-refractivity contribution in [1.82, 2.24) is 14.9 Å². The van der Waals surface area contributed by atoms with Crippen molar-refractivity contribution >= 4 is 23.3 Å². The summed E-state index contributed by atoms with van der Waals surface area (Å²) in [5, 5.41) is 3.51. The van der Waals surface area contributed by atoms with Gasteiger partial charge < -0.3 is 19.9 Å². The maximum absolute atomic E-state index is 14.4. The summed E-state index contributed by atoms with van der Waals surface area (Å²) in [6.45, 7) is 10.9. The molecule has 5 rings (SSSR count). The number of benzene rings is 2. The lowest BCUT2D eigenvalue weighted by Crippen LogP contribution is -2.62. The zero-order chi connectivity index (χ0) is 26.9. The molecule has 0 aliphatic carbocycles. The number of ether oxygens (including phenoxy) is 1. The van der Waals surface area contributed by atoms with Crippen LogP contribution in [0.4, 0.5) is 26.4 Å². The van der Waals surface area contributed by atoms with Crippen LogP contribution in [0.1, 0.15) is 46.1 Å². The van der Waals surface area contributed by atoms with E-state index in [9.17, 15) is 9.18 Å². The molecule has 200 valence electrons. The smallest absolute Gasteiger partial charge is 0.410 e. The summed E-state index contributed by atoms with van der Waals surface area (Å²) in [4.78, 5) is 25.4. The first-order chi connectivity index (χ1) is 18.2. The molecule has 7 nitrogen and oxygen atoms in total. The molecule has 0 unspecified atom stereocenters. The van der Waals surface area contributed by atoms with Crippen LogP contribution in [0.5, 0.6) is 0 Å². The molecule has 3 aromatic rings. The van der Waals surface area contributed by atoms with E-state index in [2.05, 4.69) is 33.2 Å². The molecule has 38 heavy (non-hydrogen) atoms. The lowest BCUT2D eigenvalue weighted by molar-refractivity contribution is -0.0434. The number of likely N-dealkylation sites (tertiary alicyclic amines) is 1. The predicted octanol–water partition coefficient (Wildman–Crippen LogP) is 6.43. The first kappa shape index (κ1) is 25.9. The van der Waals surface area contributed by atoms with E-state index in [1.807, 2.05) is 43.9 Å². The Morgan fingerprint density at radius 2 is 1.82 bits per heavy atom. The molecule has 1 spiro atoms. The van der Waals surface area contributed by atoms with Crippen molar-refractivity contribution in [2.24, 2.45) is 5.41 Å². The summed E-state index contributed by atoms with van der Waals surface area (Å²) in [6.07, 6.45) is 5.91. The Kier molecular flexibility index (Phi) is 6.99. The Bertz CT molecular complexity index is 1310. The maximum Gasteiger partial charge on any atom is 0.410 e. The summed E-state index contributed by atoms with van der Waals surface area (Å²) in [7, 11) is 0. The fourth-order valence-corrected chi connectivity index (χ4v) is 5.48. The minimum absolute atomic E-state index is 0.141. The van der Waals surface area contributed by atoms with Gasteiger partial charge in [-0.25, -0.2) is 19.2 Å². The molecule has 0 saturated carbocycles. The van der Waals surface area contributed by atoms with Gasteiger partial charge in [-0.2, -0.15) is 0 Å². The summed E-state index contributed by atoms with van der Waals surface area (Å²) in [5.41, 5.74) is 4.23. The average Bonchev–Trinajstić information content (AvgIpc) is 2.87. The molecule has 0 bridgehead atoms. The number of carbonyl (C=O) groups excluding carboxylic acids is 1. The van der Waals surface area contributed by atoms with Crippen molar-refractivity contribution in [1.29, 1.82) is 0 Å². The molecule has 1 amide bonds. The lowest BCUT2D eigenvalue weighted by Gasteiger charge is -2.53. The number of hydrogen-bond donors (Lipinski definition) is 1. The molecule has 8 heteroatoms. The van der Waals surface area contributed by atoms with E-state index >= 15 is 0 Å². The fraction of sp³-hybridized carbons (Fsp3) is 0.433. The van der Waals surface area contributed by atoms with Gasteiger partial charge in [-0.15, -0.1) is 0 Å². The standard InChI is InChI=1S/C30H36FN5O2/c1-5-21-8-6-7-9-23(21)24-16-22(31)10-11-25(24)34-26-17-32-20-33-27(26)35-14-12-30(13-15-35)18-36(19-30)28(37)38-29(2,3)4/h6-11,16-17,20,34H,5,12-15,18-19H2,1-4H3. The van der Waals surface area contributed by atoms with Crippen molar-refractivity contribution in [3.63, 3.8) is 0 Å². The Hall–Kier alpha value is -3.68. The van der Waals surface area contributed by atoms with Crippen molar-refractivity contribution in [2.45, 2.75) is 52.6 Å². The van der Waals surface area contributed by atoms with Crippen LogP contribution < -0.4 is 10.2 Å². The van der Waals surface area contributed by atoms with Gasteiger partial charge >= 0.3 is 6.09 Å². The molecule has 1 N–H and O–H groups in total. The highest BCUT2D eigenvalue weighted by molar-refractivity contribution is 5.84. The number of rotatable bonds is 5. The number of piperidine rings is 1. The molecule has 2 aliphatic heterocycles. The third-order valence-electron chi connectivity index (χ3n) is 7.46. The molecule has 2 saturated heterocycles. The summed E-state index contributed by atoms with van der Waals surface area (Å²) in [5.74, 6) is 0.556. The SMILES string of the molecule is CCc1ccccc1-c1cc(F)ccc1Nc1cncnc1N1CCC2(CC1)CN(C(=O)OC(C)(C)C)C2. The van der Waals surface area contributed by atoms with Crippen LogP contribution >= 0.6 is 0 Å². The zero-order valence-corrected chi connectivity index (χ0v) is 22.6. The zero-order valence-electron chi connectivity index (χ0n) is 22.6. The molecule has 3 heterocycles. The van der Waals surface area contributed by atoms with E-state index in [0.29, 0.717) is 0 Å². The molecule has 2 aliphatic rings. The predicted molar refractivity (Wildman–Crippen MR) is 148 cm³/mol. The van der Waals surface area contributed by atoms with Gasteiger partial charge in [0.15, 0.2) is 5.82 Å². The maximum atomic E-state index is 14.4. The number of amides is 1. The normalized spacial score (nSPS) is 16.8. The molecule has 2 fully saturated rings. The highest BCUT2D eigenvalue weighted by atomic mass is 19.1. The molecule has 1 aromatic heterocycles. The van der Waals surface area contributed by atoms with E-state index in [4.69, 9.17) is 4.74 Å². The number of nitrogens with zero attached hydrogens (tertiary/aromatic N) is 4. The minimum atomic E-state index is -0.484. The second-order valence-electron chi connectivity index (χ2n) is 11.4. The van der Waals surface area contributed by atoms with Gasteiger partial charge in [-0.05, 0) is 69.4 Å². The van der Waals surface area contributed by atoms with Gasteiger partial charge in [0.1, 0.15) is 23.4 Å². The van der Waals surface area contributed by atoms with Crippen molar-refractivity contribution in [2.75, 3.05) is 36.4 Å². The number of carbonyl (C=O) groups is 1. The third kappa shape index (κ3) is 5.44. The van der Waals surface area contributed by atoms with E-state index in [0.717, 1.165) is 79.3 Å². The largest absolute Gasteiger partial charge is 0.444 e. The first-order valence-electron chi connectivity index (χ1n) is 13.3. The van der Waals surface area contributed by atoms with Crippen LogP contribution in [0.15, 0.2) is 55.0 Å². The van der Waals surface area contributed by atoms with Crippen LogP contribution in [0.25, 0.3) is 11.1 Å². The molecule has 0 radical (unpaired) electrons. The van der Waals surface area contributed by atoms with E-state index in [1.165, 1.54) is 6.07 Å². The van der Waals surface area contributed by atoms with E-state index in [1.54, 1.807) is 24.7 Å². The van der Waals surface area contributed by atoms with Crippen LogP contribution in [0.3, 0.4) is 0 Å². The Labute approximate surface area is 224 Å². The van der Waals surface area contributed by atoms with Crippen molar-refractivity contribution < 1.29 is 13.9 Å². The van der Waals surface area contributed by atoms with Gasteiger partial charge in [-0.3, -0.25) is 0 Å². The Morgan fingerprint density at radius 3 is 2.53 bits per heavy atom. The molecule has 2 aromatic carbocycles. The quantitative estimate of drug-likeness (QED) is 0.421. The molecule has 0 atom stereocenters. The minimum Gasteiger partial charge on any atom is -0.444 e. The number of anilines is 3. The Morgan fingerprint density at radius 1 is 1.08 bits per heavy atom. The average molecular weight is 518 g/mol. The van der Waals surface area contributed by atoms with Crippen LogP contribution in [0, 0.1) is 11.2 Å². The van der Waals surface area contributed by atoms with Crippen LogP contribution in [-0.2, 0) is 11.2 Å².